The predicted octanol–water partition coefficient (Wildman–Crippen LogP) is 3.19. The van der Waals surface area contributed by atoms with Gasteiger partial charge in [0.2, 0.25) is 0 Å². The van der Waals surface area contributed by atoms with Gasteiger partial charge in [0.15, 0.2) is 5.65 Å². The average molecular weight is 307 g/mol. The quantitative estimate of drug-likeness (QED) is 0.808. The molecule has 0 fully saturated rings. The smallest absolute Gasteiger partial charge is 0.159 e. The van der Waals surface area contributed by atoms with Crippen LogP contribution in [-0.4, -0.2) is 19.5 Å². The van der Waals surface area contributed by atoms with Gasteiger partial charge in [0.25, 0.3) is 0 Å². The number of aliphatic hydroxyl groups excluding tert-OH is 1. The minimum absolute atomic E-state index is 0.00269. The molecule has 0 saturated heterocycles. The molecule has 4 heteroatoms. The minimum atomic E-state index is 0.00269. The highest BCUT2D eigenvalue weighted by atomic mass is 16.3. The largest absolute Gasteiger partial charge is 0.390 e. The second-order valence-corrected chi connectivity index (χ2v) is 6.36. The van der Waals surface area contributed by atoms with Crippen molar-refractivity contribution in [1.82, 2.24) is 14.4 Å². The molecule has 1 N–H and O–H groups in total. The Morgan fingerprint density at radius 2 is 2.17 bits per heavy atom. The fraction of sp³-hybridized carbons (Fsp3) is 0.368. The van der Waals surface area contributed by atoms with Gasteiger partial charge in [-0.3, -0.25) is 9.38 Å². The Morgan fingerprint density at radius 3 is 3.04 bits per heavy atom. The minimum Gasteiger partial charge on any atom is -0.390 e. The van der Waals surface area contributed by atoms with Crippen LogP contribution in [0, 0.1) is 6.92 Å². The molecule has 1 aliphatic rings. The van der Waals surface area contributed by atoms with Crippen molar-refractivity contribution < 1.29 is 5.11 Å². The van der Waals surface area contributed by atoms with Crippen LogP contribution in [0.1, 0.15) is 47.0 Å². The van der Waals surface area contributed by atoms with Gasteiger partial charge >= 0.3 is 0 Å². The van der Waals surface area contributed by atoms with Crippen LogP contribution in [0.3, 0.4) is 0 Å². The lowest BCUT2D eigenvalue weighted by Gasteiger charge is -2.25. The molecule has 0 bridgehead atoms. The molecule has 0 amide bonds. The highest BCUT2D eigenvalue weighted by molar-refractivity contribution is 5.48. The van der Waals surface area contributed by atoms with Gasteiger partial charge < -0.3 is 5.11 Å². The average Bonchev–Trinajstić information content (AvgIpc) is 2.91. The molecule has 3 aromatic rings. The molecule has 0 radical (unpaired) electrons. The third-order valence-electron chi connectivity index (χ3n) is 5.00. The summed E-state index contributed by atoms with van der Waals surface area (Å²) in [6.07, 6.45) is 8.23. The maximum absolute atomic E-state index is 9.57. The number of imidazole rings is 1. The molecule has 4 rings (SSSR count). The maximum atomic E-state index is 9.57. The highest BCUT2D eigenvalue weighted by Gasteiger charge is 2.22. The Hall–Kier alpha value is -2.20. The van der Waals surface area contributed by atoms with E-state index in [-0.39, 0.29) is 6.61 Å². The Morgan fingerprint density at radius 1 is 1.30 bits per heavy atom. The summed E-state index contributed by atoms with van der Waals surface area (Å²) >= 11 is 0. The van der Waals surface area contributed by atoms with E-state index in [0.717, 1.165) is 29.1 Å². The summed E-state index contributed by atoms with van der Waals surface area (Å²) in [6, 6.07) is 8.77. The van der Waals surface area contributed by atoms with E-state index < -0.39 is 0 Å². The van der Waals surface area contributed by atoms with E-state index >= 15 is 0 Å². The van der Waals surface area contributed by atoms with Crippen molar-refractivity contribution in [2.45, 2.75) is 45.1 Å². The molecular formula is C19H21N3O. The van der Waals surface area contributed by atoms with Gasteiger partial charge in [-0.05, 0) is 43.2 Å². The molecule has 0 saturated carbocycles. The van der Waals surface area contributed by atoms with E-state index in [1.54, 1.807) is 0 Å². The van der Waals surface area contributed by atoms with E-state index in [4.69, 9.17) is 0 Å². The third-order valence-corrected chi connectivity index (χ3v) is 5.00. The van der Waals surface area contributed by atoms with Gasteiger partial charge in [-0.25, -0.2) is 4.98 Å². The van der Waals surface area contributed by atoms with Gasteiger partial charge in [0.1, 0.15) is 0 Å². The number of benzene rings is 1. The fourth-order valence-corrected chi connectivity index (χ4v) is 3.83. The first kappa shape index (κ1) is 14.4. The van der Waals surface area contributed by atoms with Crippen LogP contribution in [0.25, 0.3) is 5.65 Å². The van der Waals surface area contributed by atoms with Crippen LogP contribution in [0.5, 0.6) is 0 Å². The summed E-state index contributed by atoms with van der Waals surface area (Å²) in [7, 11) is 0. The number of rotatable bonds is 3. The zero-order valence-corrected chi connectivity index (χ0v) is 13.4. The van der Waals surface area contributed by atoms with Crippen LogP contribution in [0.15, 0.2) is 36.7 Å². The van der Waals surface area contributed by atoms with Crippen molar-refractivity contribution >= 4 is 5.65 Å². The molecule has 2 heterocycles. The number of aryl methyl sites for hydroxylation is 2. The number of aliphatic hydroxyl groups is 1. The van der Waals surface area contributed by atoms with Crippen molar-refractivity contribution in [2.75, 3.05) is 0 Å². The number of hydrogen-bond acceptors (Lipinski definition) is 3. The van der Waals surface area contributed by atoms with Crippen molar-refractivity contribution in [3.63, 3.8) is 0 Å². The van der Waals surface area contributed by atoms with Gasteiger partial charge in [-0.1, -0.05) is 24.3 Å². The molecule has 0 aliphatic heterocycles. The molecule has 4 nitrogen and oxygen atoms in total. The van der Waals surface area contributed by atoms with Crippen LogP contribution < -0.4 is 0 Å². The number of hydrogen-bond donors (Lipinski definition) is 1. The first-order valence-corrected chi connectivity index (χ1v) is 8.28. The Bertz CT molecular complexity index is 853. The SMILES string of the molecule is Cc1nc2c(CC3CCCc4ccccc43)nccn2c1CO. The van der Waals surface area contributed by atoms with E-state index in [2.05, 4.69) is 34.2 Å². The molecular weight excluding hydrogens is 286 g/mol. The zero-order chi connectivity index (χ0) is 15.8. The summed E-state index contributed by atoms with van der Waals surface area (Å²) in [5.41, 5.74) is 6.59. The third kappa shape index (κ3) is 2.43. The molecule has 1 aromatic carbocycles. The Kier molecular flexibility index (Phi) is 3.62. The lowest BCUT2D eigenvalue weighted by atomic mass is 9.80. The number of aromatic nitrogens is 3. The first-order chi connectivity index (χ1) is 11.3. The van der Waals surface area contributed by atoms with Crippen LogP contribution in [-0.2, 0) is 19.4 Å². The molecule has 1 unspecified atom stereocenters. The molecule has 1 atom stereocenters. The van der Waals surface area contributed by atoms with Crippen molar-refractivity contribution in [3.05, 3.63) is 64.9 Å². The van der Waals surface area contributed by atoms with E-state index in [1.807, 2.05) is 23.7 Å². The normalized spacial score (nSPS) is 17.4. The van der Waals surface area contributed by atoms with Crippen LogP contribution in [0.2, 0.25) is 0 Å². The first-order valence-electron chi connectivity index (χ1n) is 8.28. The molecule has 2 aromatic heterocycles. The van der Waals surface area contributed by atoms with E-state index in [9.17, 15) is 5.11 Å². The molecule has 0 spiro atoms. The summed E-state index contributed by atoms with van der Waals surface area (Å²) < 4.78 is 1.98. The molecule has 1 aliphatic carbocycles. The van der Waals surface area contributed by atoms with E-state index in [1.165, 1.54) is 30.4 Å². The monoisotopic (exact) mass is 307 g/mol. The Balaban J connectivity index is 1.74. The van der Waals surface area contributed by atoms with Crippen molar-refractivity contribution in [1.29, 1.82) is 0 Å². The lowest BCUT2D eigenvalue weighted by Crippen LogP contribution is -2.13. The van der Waals surface area contributed by atoms with Crippen molar-refractivity contribution in [2.24, 2.45) is 0 Å². The number of fused-ring (bicyclic) bond motifs is 2. The molecule has 23 heavy (non-hydrogen) atoms. The Labute approximate surface area is 135 Å². The van der Waals surface area contributed by atoms with Crippen LogP contribution in [0.4, 0.5) is 0 Å². The van der Waals surface area contributed by atoms with Gasteiger partial charge in [-0.2, -0.15) is 0 Å². The summed E-state index contributed by atoms with van der Waals surface area (Å²) in [5.74, 6) is 0.508. The predicted molar refractivity (Wildman–Crippen MR) is 89.5 cm³/mol. The van der Waals surface area contributed by atoms with Crippen LogP contribution >= 0.6 is 0 Å². The van der Waals surface area contributed by atoms with Gasteiger partial charge in [0.05, 0.1) is 23.7 Å². The second-order valence-electron chi connectivity index (χ2n) is 6.36. The fourth-order valence-electron chi connectivity index (χ4n) is 3.83. The van der Waals surface area contributed by atoms with Crippen molar-refractivity contribution in [3.8, 4) is 0 Å². The topological polar surface area (TPSA) is 50.4 Å². The van der Waals surface area contributed by atoms with Gasteiger partial charge in [-0.15, -0.1) is 0 Å². The van der Waals surface area contributed by atoms with Gasteiger partial charge in [0, 0.05) is 18.8 Å². The standard InChI is InChI=1S/C19H21N3O/c1-13-18(12-23)22-10-9-20-17(19(22)21-13)11-15-7-4-6-14-5-2-3-8-16(14)15/h2-3,5,8-10,15,23H,4,6-7,11-12H2,1H3. The van der Waals surface area contributed by atoms with E-state index in [0.29, 0.717) is 5.92 Å². The number of nitrogens with zero attached hydrogens (tertiary/aromatic N) is 3. The lowest BCUT2D eigenvalue weighted by molar-refractivity contribution is 0.275. The highest BCUT2D eigenvalue weighted by Crippen LogP contribution is 2.34. The summed E-state index contributed by atoms with van der Waals surface area (Å²) in [5, 5.41) is 9.57. The second kappa shape index (κ2) is 5.78. The maximum Gasteiger partial charge on any atom is 0.159 e. The summed E-state index contributed by atoms with van der Waals surface area (Å²) in [4.78, 5) is 9.24. The zero-order valence-electron chi connectivity index (χ0n) is 13.4. The molecule has 118 valence electrons. The summed E-state index contributed by atoms with van der Waals surface area (Å²) in [6.45, 7) is 1.95.